The third kappa shape index (κ3) is 29.5. The summed E-state index contributed by atoms with van der Waals surface area (Å²) in [4.78, 5) is 57.5. The van der Waals surface area contributed by atoms with Crippen LogP contribution in [0.2, 0.25) is 0 Å². The molecule has 28 heteroatoms. The molecular formula is C70H112N12O16. The van der Waals surface area contributed by atoms with Gasteiger partial charge in [0.25, 0.3) is 0 Å². The quantitative estimate of drug-likeness (QED) is 0.0195. The lowest BCUT2D eigenvalue weighted by Crippen LogP contribution is -2.47. The van der Waals surface area contributed by atoms with Gasteiger partial charge in [0.2, 0.25) is 0 Å². The number of nitrogens with zero attached hydrogens (tertiary/aromatic N) is 8. The lowest BCUT2D eigenvalue weighted by atomic mass is 10.1. The number of anilines is 4. The monoisotopic (exact) mass is 1380 g/mol. The molecule has 6 aromatic rings. The summed E-state index contributed by atoms with van der Waals surface area (Å²) >= 11 is 0. The molecule has 0 amide bonds. The molecule has 28 nitrogen and oxygen atoms in total. The number of unbranched alkanes of at least 4 members (excludes halogenated alkanes) is 2. The van der Waals surface area contributed by atoms with E-state index in [4.69, 9.17) is 88.1 Å². The van der Waals surface area contributed by atoms with E-state index in [0.717, 1.165) is 159 Å². The molecule has 6 heterocycles. The van der Waals surface area contributed by atoms with E-state index in [-0.39, 0.29) is 25.4 Å². The number of aromatic amines is 2. The van der Waals surface area contributed by atoms with Crippen LogP contribution in [-0.4, -0.2) is 286 Å². The van der Waals surface area contributed by atoms with Crippen molar-refractivity contribution in [2.75, 3.05) is 245 Å². The van der Waals surface area contributed by atoms with E-state index >= 15 is 0 Å². The van der Waals surface area contributed by atoms with Crippen LogP contribution in [0.1, 0.15) is 84.8 Å². The fraction of sp³-hybridized carbons (Fsp3) is 0.686. The fourth-order valence-electron chi connectivity index (χ4n) is 10.9. The number of carboxylic acid groups (broad SMARTS) is 1. The third-order valence-corrected chi connectivity index (χ3v) is 16.1. The predicted octanol–water partition coefficient (Wildman–Crippen LogP) is 6.72. The molecule has 8 rings (SSSR count). The normalized spacial score (nSPS) is 14.2. The summed E-state index contributed by atoms with van der Waals surface area (Å²) in [7, 11) is 0. The molecule has 548 valence electrons. The Morgan fingerprint density at radius 3 is 1.08 bits per heavy atom. The van der Waals surface area contributed by atoms with Gasteiger partial charge in [0.15, 0.2) is 0 Å². The molecule has 2 aromatic carbocycles. The van der Waals surface area contributed by atoms with E-state index < -0.39 is 11.6 Å². The van der Waals surface area contributed by atoms with Crippen LogP contribution in [0.3, 0.4) is 0 Å². The number of esters is 1. The SMILES string of the molecule is CCCCc1nc2c([nH]1)c(N)nc1ccc(N3CCN(CCOCCOCCOCCOCCOCCOCCC(=O)O)CC3)cc12.CCCCc1nc2c([nH]1)c(N)nc1ccc(N3CCN(CCOCCOCCOCCOCCOCCOCCC(=O)OC(C)(C)C)CC3)cc12. The minimum absolute atomic E-state index is 0.00243. The topological polar surface area (TPSA) is 323 Å². The van der Waals surface area contributed by atoms with Crippen LogP contribution in [-0.2, 0) is 84.0 Å². The van der Waals surface area contributed by atoms with Gasteiger partial charge in [0, 0.05) is 100 Å². The number of carbonyl (C=O) groups excluding carboxylic acids is 1. The van der Waals surface area contributed by atoms with Gasteiger partial charge in [-0.2, -0.15) is 0 Å². The highest BCUT2D eigenvalue weighted by atomic mass is 16.6. The molecule has 0 atom stereocenters. The number of nitrogen functional groups attached to an aromatic ring is 2. The lowest BCUT2D eigenvalue weighted by molar-refractivity contribution is -0.156. The maximum absolute atomic E-state index is 11.6. The Morgan fingerprint density at radius 1 is 0.449 bits per heavy atom. The first-order chi connectivity index (χ1) is 47.8. The zero-order chi connectivity index (χ0) is 69.4. The van der Waals surface area contributed by atoms with Crippen molar-refractivity contribution in [2.24, 2.45) is 0 Å². The molecule has 7 N–H and O–H groups in total. The molecule has 4 aromatic heterocycles. The van der Waals surface area contributed by atoms with Gasteiger partial charge in [-0.15, -0.1) is 0 Å². The number of carbonyl (C=O) groups is 2. The number of nitrogens with one attached hydrogen (secondary N) is 2. The van der Waals surface area contributed by atoms with E-state index in [0.29, 0.717) is 164 Å². The Bertz CT molecular complexity index is 3190. The second-order valence-corrected chi connectivity index (χ2v) is 24.9. The van der Waals surface area contributed by atoms with Crippen molar-refractivity contribution in [3.05, 3.63) is 48.0 Å². The molecule has 0 radical (unpaired) electrons. The van der Waals surface area contributed by atoms with Crippen LogP contribution in [0.25, 0.3) is 43.9 Å². The van der Waals surface area contributed by atoms with E-state index in [1.165, 1.54) is 11.4 Å². The lowest BCUT2D eigenvalue weighted by Gasteiger charge is -2.36. The number of aryl methyl sites for hydroxylation is 2. The van der Waals surface area contributed by atoms with Gasteiger partial charge >= 0.3 is 11.9 Å². The maximum atomic E-state index is 11.6. The number of hydrogen-bond acceptors (Lipinski definition) is 25. The van der Waals surface area contributed by atoms with Gasteiger partial charge in [-0.3, -0.25) is 19.4 Å². The van der Waals surface area contributed by atoms with Crippen molar-refractivity contribution in [1.29, 1.82) is 0 Å². The van der Waals surface area contributed by atoms with E-state index in [2.05, 4.69) is 89.8 Å². The maximum Gasteiger partial charge on any atom is 0.308 e. The molecule has 2 fully saturated rings. The predicted molar refractivity (Wildman–Crippen MR) is 379 cm³/mol. The first kappa shape index (κ1) is 79.1. The number of pyridine rings is 2. The summed E-state index contributed by atoms with van der Waals surface area (Å²) < 4.78 is 71.4. The van der Waals surface area contributed by atoms with E-state index in [1.807, 2.05) is 20.8 Å². The Labute approximate surface area is 577 Å². The molecular weight excluding hydrogens is 1260 g/mol. The summed E-state index contributed by atoms with van der Waals surface area (Å²) in [5.41, 5.74) is 19.7. The van der Waals surface area contributed by atoms with Crippen LogP contribution >= 0.6 is 0 Å². The number of carboxylic acids is 1. The molecule has 98 heavy (non-hydrogen) atoms. The Balaban J connectivity index is 0.000000277. The zero-order valence-corrected chi connectivity index (χ0v) is 59.0. The molecule has 0 saturated carbocycles. The molecule has 2 saturated heterocycles. The Hall–Kier alpha value is -6.22. The minimum Gasteiger partial charge on any atom is -0.481 e. The Morgan fingerprint density at radius 2 is 0.765 bits per heavy atom. The van der Waals surface area contributed by atoms with E-state index in [1.54, 1.807) is 0 Å². The standard InChI is InChI=1S/C37H60N6O8.C33H52N6O8/c1-5-6-7-32-40-34-30-28-29(8-9-31(30)39-36(38)35(34)41-32)43-13-11-42(12-14-43)15-17-46-19-21-48-23-25-50-27-26-49-24-22-47-20-18-45-16-10-33(44)51-37(2,3)4;1-2-3-4-29-36-31-27-25-26(5-6-28(27)35-33(34)32(31)37-29)39-10-8-38(9-11-39)12-14-43-16-18-45-20-22-47-24-23-46-21-19-44-17-15-42-13-7-30(40)41/h8-9,28H,5-7,10-27H2,1-4H3,(H2,38,39)(H,40,41);5-6,25H,2-4,7-24H2,1H3,(H2,34,35)(H,36,37)(H,40,41). The van der Waals surface area contributed by atoms with Gasteiger partial charge < -0.3 is 97.9 Å². The molecule has 0 bridgehead atoms. The average Bonchev–Trinajstić information content (AvgIpc) is 1.54. The van der Waals surface area contributed by atoms with Crippen LogP contribution in [0.15, 0.2) is 36.4 Å². The summed E-state index contributed by atoms with van der Waals surface area (Å²) in [6.07, 6.45) is 6.48. The number of hydrogen-bond donors (Lipinski definition) is 5. The number of rotatable bonds is 50. The van der Waals surface area contributed by atoms with Gasteiger partial charge in [-0.25, -0.2) is 19.9 Å². The molecule has 0 unspecified atom stereocenters. The summed E-state index contributed by atoms with van der Waals surface area (Å²) in [6.45, 7) is 31.1. The second-order valence-electron chi connectivity index (χ2n) is 24.9. The van der Waals surface area contributed by atoms with Crippen molar-refractivity contribution >= 4 is 78.8 Å². The second kappa shape index (κ2) is 45.5. The largest absolute Gasteiger partial charge is 0.481 e. The number of ether oxygens (including phenoxy) is 13. The molecule has 0 aliphatic carbocycles. The smallest absolute Gasteiger partial charge is 0.308 e. The number of nitrogens with two attached hydrogens (primary N) is 2. The summed E-state index contributed by atoms with van der Waals surface area (Å²) in [6, 6.07) is 12.8. The zero-order valence-electron chi connectivity index (χ0n) is 59.0. The average molecular weight is 1380 g/mol. The van der Waals surface area contributed by atoms with Gasteiger partial charge in [-0.1, -0.05) is 26.7 Å². The van der Waals surface area contributed by atoms with Gasteiger partial charge in [0.1, 0.15) is 51.0 Å². The highest BCUT2D eigenvalue weighted by Gasteiger charge is 2.22. The number of benzene rings is 2. The van der Waals surface area contributed by atoms with Crippen molar-refractivity contribution in [1.82, 2.24) is 39.7 Å². The first-order valence-electron chi connectivity index (χ1n) is 35.2. The van der Waals surface area contributed by atoms with Gasteiger partial charge in [0.05, 0.1) is 182 Å². The number of imidazole rings is 2. The molecule has 2 aliphatic heterocycles. The number of fused-ring (bicyclic) bond motifs is 6. The van der Waals surface area contributed by atoms with E-state index in [9.17, 15) is 9.59 Å². The van der Waals surface area contributed by atoms with Crippen molar-refractivity contribution in [2.45, 2.75) is 91.6 Å². The number of aromatic nitrogens is 6. The summed E-state index contributed by atoms with van der Waals surface area (Å²) in [5, 5.41) is 10.6. The molecule has 2 aliphatic rings. The van der Waals surface area contributed by atoms with Crippen molar-refractivity contribution in [3.63, 3.8) is 0 Å². The third-order valence-electron chi connectivity index (χ3n) is 16.1. The van der Waals surface area contributed by atoms with Crippen molar-refractivity contribution in [3.8, 4) is 0 Å². The highest BCUT2D eigenvalue weighted by molar-refractivity contribution is 6.08. The van der Waals surface area contributed by atoms with Crippen LogP contribution in [0.5, 0.6) is 0 Å². The van der Waals surface area contributed by atoms with Gasteiger partial charge in [-0.05, 0) is 70.0 Å². The Kier molecular flexibility index (Phi) is 36.7. The number of piperazine rings is 2. The van der Waals surface area contributed by atoms with Crippen LogP contribution in [0, 0.1) is 0 Å². The summed E-state index contributed by atoms with van der Waals surface area (Å²) in [5.74, 6) is 1.82. The van der Waals surface area contributed by atoms with Crippen LogP contribution in [0.4, 0.5) is 23.0 Å². The fourth-order valence-corrected chi connectivity index (χ4v) is 10.9. The van der Waals surface area contributed by atoms with Crippen LogP contribution < -0.4 is 21.3 Å². The highest BCUT2D eigenvalue weighted by Crippen LogP contribution is 2.32. The molecule has 0 spiro atoms. The first-order valence-corrected chi connectivity index (χ1v) is 35.2. The number of H-pyrrole nitrogens is 2. The minimum atomic E-state index is -0.869. The number of aliphatic carboxylic acids is 1. The van der Waals surface area contributed by atoms with Crippen molar-refractivity contribution < 1.29 is 76.3 Å².